The first-order valence-electron chi connectivity index (χ1n) is 7.19. The average Bonchev–Trinajstić information content (AvgIpc) is 2.83. The number of aromatic nitrogens is 2. The van der Waals surface area contributed by atoms with Crippen LogP contribution in [-0.4, -0.2) is 16.4 Å². The summed E-state index contributed by atoms with van der Waals surface area (Å²) in [6.07, 6.45) is 2.85. The van der Waals surface area contributed by atoms with E-state index in [0.29, 0.717) is 6.61 Å². The van der Waals surface area contributed by atoms with E-state index in [1.54, 1.807) is 0 Å². The van der Waals surface area contributed by atoms with Gasteiger partial charge in [-0.05, 0) is 36.8 Å². The lowest BCUT2D eigenvalue weighted by atomic mass is 10.1. The van der Waals surface area contributed by atoms with Crippen molar-refractivity contribution in [2.45, 2.75) is 13.3 Å². The van der Waals surface area contributed by atoms with E-state index in [1.165, 1.54) is 11.1 Å². The second-order valence-corrected chi connectivity index (χ2v) is 5.36. The van der Waals surface area contributed by atoms with Gasteiger partial charge in [0.15, 0.2) is 0 Å². The van der Waals surface area contributed by atoms with Gasteiger partial charge in [-0.15, -0.1) is 0 Å². The van der Waals surface area contributed by atoms with Crippen LogP contribution < -0.4 is 4.74 Å². The number of hydrogen-bond acceptors (Lipinski definition) is 2. The van der Waals surface area contributed by atoms with Crippen LogP contribution in [0.2, 0.25) is 0 Å². The normalized spacial score (nSPS) is 13.0. The van der Waals surface area contributed by atoms with Gasteiger partial charge >= 0.3 is 0 Å². The summed E-state index contributed by atoms with van der Waals surface area (Å²) in [5.41, 5.74) is 5.82. The van der Waals surface area contributed by atoms with Crippen molar-refractivity contribution in [3.8, 4) is 22.7 Å². The first-order chi connectivity index (χ1) is 10.3. The van der Waals surface area contributed by atoms with E-state index in [-0.39, 0.29) is 0 Å². The number of aryl methyl sites for hydroxylation is 1. The van der Waals surface area contributed by atoms with Gasteiger partial charge in [-0.3, -0.25) is 0 Å². The van der Waals surface area contributed by atoms with Crippen LogP contribution in [0.4, 0.5) is 0 Å². The molecule has 0 unspecified atom stereocenters. The molecule has 0 radical (unpaired) electrons. The predicted octanol–water partition coefficient (Wildman–Crippen LogP) is 3.78. The Labute approximate surface area is 123 Å². The molecule has 0 bridgehead atoms. The SMILES string of the molecule is Cc1cccc(-n2ncc3c2-c2ccccc2OCC3)c1. The Kier molecular flexibility index (Phi) is 2.78. The van der Waals surface area contributed by atoms with Crippen LogP contribution in [0.25, 0.3) is 16.9 Å². The summed E-state index contributed by atoms with van der Waals surface area (Å²) in [6.45, 7) is 2.80. The Morgan fingerprint density at radius 1 is 1.10 bits per heavy atom. The van der Waals surface area contributed by atoms with E-state index in [4.69, 9.17) is 4.74 Å². The van der Waals surface area contributed by atoms with Crippen LogP contribution in [0.15, 0.2) is 54.7 Å². The molecule has 1 aliphatic heterocycles. The van der Waals surface area contributed by atoms with Gasteiger partial charge in [-0.2, -0.15) is 5.10 Å². The minimum absolute atomic E-state index is 0.698. The lowest BCUT2D eigenvalue weighted by Gasteiger charge is -2.11. The molecule has 3 nitrogen and oxygen atoms in total. The molecule has 21 heavy (non-hydrogen) atoms. The Hall–Kier alpha value is -2.55. The standard InChI is InChI=1S/C18H16N2O/c1-13-5-4-6-15(11-13)20-18-14(12-19-20)9-10-21-17-8-3-2-7-16(17)18/h2-8,11-12H,9-10H2,1H3. The van der Waals surface area contributed by atoms with E-state index in [9.17, 15) is 0 Å². The number of benzene rings is 2. The highest BCUT2D eigenvalue weighted by Gasteiger charge is 2.20. The Bertz CT molecular complexity index is 804. The van der Waals surface area contributed by atoms with E-state index in [1.807, 2.05) is 29.1 Å². The molecule has 3 heteroatoms. The van der Waals surface area contributed by atoms with Crippen molar-refractivity contribution in [2.75, 3.05) is 6.61 Å². The molecular weight excluding hydrogens is 260 g/mol. The Morgan fingerprint density at radius 2 is 2.00 bits per heavy atom. The Balaban J connectivity index is 1.97. The van der Waals surface area contributed by atoms with Crippen LogP contribution in [0.5, 0.6) is 5.75 Å². The van der Waals surface area contributed by atoms with Crippen molar-refractivity contribution >= 4 is 0 Å². The molecule has 0 saturated heterocycles. The second-order valence-electron chi connectivity index (χ2n) is 5.36. The predicted molar refractivity (Wildman–Crippen MR) is 82.9 cm³/mol. The van der Waals surface area contributed by atoms with Crippen LogP contribution >= 0.6 is 0 Å². The summed E-state index contributed by atoms with van der Waals surface area (Å²) >= 11 is 0. The summed E-state index contributed by atoms with van der Waals surface area (Å²) in [6, 6.07) is 16.6. The smallest absolute Gasteiger partial charge is 0.128 e. The van der Waals surface area contributed by atoms with Crippen molar-refractivity contribution in [1.82, 2.24) is 9.78 Å². The van der Waals surface area contributed by atoms with Gasteiger partial charge in [0.25, 0.3) is 0 Å². The first kappa shape index (κ1) is 12.2. The maximum Gasteiger partial charge on any atom is 0.128 e. The van der Waals surface area contributed by atoms with Gasteiger partial charge in [0.05, 0.1) is 24.2 Å². The molecule has 0 fully saturated rings. The van der Waals surface area contributed by atoms with Gasteiger partial charge < -0.3 is 4.74 Å². The number of para-hydroxylation sites is 1. The molecule has 0 N–H and O–H groups in total. The lowest BCUT2D eigenvalue weighted by molar-refractivity contribution is 0.326. The largest absolute Gasteiger partial charge is 0.493 e. The molecule has 3 aromatic rings. The number of rotatable bonds is 1. The first-order valence-corrected chi connectivity index (χ1v) is 7.19. The number of nitrogens with zero attached hydrogens (tertiary/aromatic N) is 2. The van der Waals surface area contributed by atoms with Gasteiger partial charge in [0, 0.05) is 17.5 Å². The molecule has 2 heterocycles. The molecule has 0 aliphatic carbocycles. The van der Waals surface area contributed by atoms with Crippen molar-refractivity contribution in [2.24, 2.45) is 0 Å². The zero-order valence-electron chi connectivity index (χ0n) is 11.9. The van der Waals surface area contributed by atoms with Gasteiger partial charge in [0.2, 0.25) is 0 Å². The fourth-order valence-corrected chi connectivity index (χ4v) is 2.87. The van der Waals surface area contributed by atoms with E-state index < -0.39 is 0 Å². The molecule has 0 amide bonds. The van der Waals surface area contributed by atoms with Crippen molar-refractivity contribution in [3.05, 3.63) is 65.9 Å². The minimum Gasteiger partial charge on any atom is -0.493 e. The van der Waals surface area contributed by atoms with Crippen molar-refractivity contribution in [1.29, 1.82) is 0 Å². The van der Waals surface area contributed by atoms with E-state index in [2.05, 4.69) is 42.4 Å². The van der Waals surface area contributed by atoms with E-state index >= 15 is 0 Å². The zero-order valence-corrected chi connectivity index (χ0v) is 11.9. The highest BCUT2D eigenvalue weighted by molar-refractivity contribution is 5.72. The molecule has 1 aliphatic rings. The van der Waals surface area contributed by atoms with Crippen molar-refractivity contribution in [3.63, 3.8) is 0 Å². The Morgan fingerprint density at radius 3 is 2.90 bits per heavy atom. The second kappa shape index (κ2) is 4.77. The fraction of sp³-hybridized carbons (Fsp3) is 0.167. The van der Waals surface area contributed by atoms with E-state index in [0.717, 1.165) is 29.1 Å². The van der Waals surface area contributed by atoms with Gasteiger partial charge in [0.1, 0.15) is 5.75 Å². The van der Waals surface area contributed by atoms with Crippen LogP contribution in [0.1, 0.15) is 11.1 Å². The van der Waals surface area contributed by atoms with Gasteiger partial charge in [-0.1, -0.05) is 24.3 Å². The topological polar surface area (TPSA) is 27.1 Å². The zero-order chi connectivity index (χ0) is 14.2. The monoisotopic (exact) mass is 276 g/mol. The third-order valence-electron chi connectivity index (χ3n) is 3.86. The molecule has 2 aromatic carbocycles. The highest BCUT2D eigenvalue weighted by Crippen LogP contribution is 2.36. The molecule has 0 saturated carbocycles. The summed E-state index contributed by atoms with van der Waals surface area (Å²) < 4.78 is 7.89. The minimum atomic E-state index is 0.698. The third kappa shape index (κ3) is 2.02. The molecule has 0 spiro atoms. The molecular formula is C18H16N2O. The third-order valence-corrected chi connectivity index (χ3v) is 3.86. The van der Waals surface area contributed by atoms with Crippen LogP contribution in [0.3, 0.4) is 0 Å². The average molecular weight is 276 g/mol. The molecule has 1 aromatic heterocycles. The van der Waals surface area contributed by atoms with Crippen molar-refractivity contribution < 1.29 is 4.74 Å². The van der Waals surface area contributed by atoms with Crippen LogP contribution in [0, 0.1) is 6.92 Å². The molecule has 4 rings (SSSR count). The summed E-state index contributed by atoms with van der Waals surface area (Å²) in [7, 11) is 0. The van der Waals surface area contributed by atoms with Gasteiger partial charge in [-0.25, -0.2) is 4.68 Å². The van der Waals surface area contributed by atoms with Crippen LogP contribution in [-0.2, 0) is 6.42 Å². The number of ether oxygens (including phenoxy) is 1. The summed E-state index contributed by atoms with van der Waals surface area (Å²) in [4.78, 5) is 0. The molecule has 104 valence electrons. The summed E-state index contributed by atoms with van der Waals surface area (Å²) in [5.74, 6) is 0.936. The maximum absolute atomic E-state index is 5.86. The number of hydrogen-bond donors (Lipinski definition) is 0. The lowest BCUT2D eigenvalue weighted by Crippen LogP contribution is -2.00. The number of fused-ring (bicyclic) bond motifs is 3. The molecule has 0 atom stereocenters. The maximum atomic E-state index is 5.86. The highest BCUT2D eigenvalue weighted by atomic mass is 16.5. The quantitative estimate of drug-likeness (QED) is 0.676. The fourth-order valence-electron chi connectivity index (χ4n) is 2.87. The summed E-state index contributed by atoms with van der Waals surface area (Å²) in [5, 5.41) is 4.61.